The number of benzene rings is 1. The summed E-state index contributed by atoms with van der Waals surface area (Å²) >= 11 is 7.03. The van der Waals surface area contributed by atoms with Gasteiger partial charge in [0.25, 0.3) is 11.8 Å². The molecule has 3 N–H and O–H groups in total. The van der Waals surface area contributed by atoms with Crippen LogP contribution in [0.1, 0.15) is 20.7 Å². The number of ether oxygens (including phenoxy) is 1. The van der Waals surface area contributed by atoms with Crippen LogP contribution in [-0.4, -0.2) is 51.2 Å². The first-order valence-electron chi connectivity index (χ1n) is 7.60. The Bertz CT molecular complexity index is 1030. The van der Waals surface area contributed by atoms with Gasteiger partial charge in [-0.15, -0.1) is 11.3 Å². The van der Waals surface area contributed by atoms with Crippen molar-refractivity contribution in [3.63, 3.8) is 0 Å². The topological polar surface area (TPSA) is 136 Å². The van der Waals surface area contributed by atoms with Crippen LogP contribution in [0.4, 0.5) is 5.00 Å². The second kappa shape index (κ2) is 8.69. The maximum Gasteiger partial charge on any atom is 0.340 e. The predicted molar refractivity (Wildman–Crippen MR) is 104 cm³/mol. The largest absolute Gasteiger partial charge is 0.452 e. The lowest BCUT2D eigenvalue weighted by Crippen LogP contribution is -2.24. The van der Waals surface area contributed by atoms with Crippen molar-refractivity contribution in [2.75, 3.05) is 26.0 Å². The molecular formula is C16H16ClN3O6S2. The van der Waals surface area contributed by atoms with Gasteiger partial charge in [0, 0.05) is 14.1 Å². The summed E-state index contributed by atoms with van der Waals surface area (Å²) in [4.78, 5) is 35.3. The van der Waals surface area contributed by atoms with E-state index in [9.17, 15) is 22.8 Å². The smallest absolute Gasteiger partial charge is 0.340 e. The third-order valence-corrected chi connectivity index (χ3v) is 6.42. The van der Waals surface area contributed by atoms with E-state index in [1.807, 2.05) is 0 Å². The van der Waals surface area contributed by atoms with E-state index in [4.69, 9.17) is 22.1 Å². The highest BCUT2D eigenvalue weighted by atomic mass is 35.5. The number of anilines is 1. The summed E-state index contributed by atoms with van der Waals surface area (Å²) < 4.78 is 30.2. The van der Waals surface area contributed by atoms with E-state index in [1.165, 1.54) is 32.3 Å². The number of esters is 1. The first-order chi connectivity index (χ1) is 13.0. The highest BCUT2D eigenvalue weighted by Gasteiger charge is 2.22. The van der Waals surface area contributed by atoms with E-state index in [-0.39, 0.29) is 26.0 Å². The Balaban J connectivity index is 2.10. The van der Waals surface area contributed by atoms with Gasteiger partial charge in [-0.2, -0.15) is 0 Å². The molecule has 0 atom stereocenters. The molecule has 0 aliphatic rings. The summed E-state index contributed by atoms with van der Waals surface area (Å²) in [7, 11) is -1.09. The molecule has 0 fully saturated rings. The average molecular weight is 446 g/mol. The van der Waals surface area contributed by atoms with Crippen molar-refractivity contribution in [3.8, 4) is 0 Å². The molecule has 2 aromatic rings. The number of rotatable bonds is 7. The number of nitrogens with two attached hydrogens (primary N) is 1. The van der Waals surface area contributed by atoms with Gasteiger partial charge in [0.15, 0.2) is 6.61 Å². The molecule has 1 aromatic heterocycles. The number of nitrogens with zero attached hydrogens (tertiary/aromatic N) is 1. The minimum Gasteiger partial charge on any atom is -0.452 e. The van der Waals surface area contributed by atoms with Crippen molar-refractivity contribution >= 4 is 55.7 Å². The van der Waals surface area contributed by atoms with Gasteiger partial charge in [-0.25, -0.2) is 17.5 Å². The second-order valence-corrected chi connectivity index (χ2v) is 9.06. The number of hydrogen-bond acceptors (Lipinski definition) is 7. The van der Waals surface area contributed by atoms with E-state index < -0.39 is 34.4 Å². The standard InChI is InChI=1S/C16H16ClN3O6S2/c1-20(2)28(24,25)9-3-4-12(17)11(7-9)16(23)26-8-13(21)19-15-10(14(18)22)5-6-27-15/h3-7H,8H2,1-2H3,(H2,18,22)(H,19,21). The fraction of sp³-hybridized carbons (Fsp3) is 0.188. The molecule has 9 nitrogen and oxygen atoms in total. The van der Waals surface area contributed by atoms with Gasteiger partial charge in [0.2, 0.25) is 10.0 Å². The van der Waals surface area contributed by atoms with Crippen LogP contribution in [0.25, 0.3) is 0 Å². The zero-order valence-electron chi connectivity index (χ0n) is 14.8. The number of thiophene rings is 1. The third-order valence-electron chi connectivity index (χ3n) is 3.45. The normalized spacial score (nSPS) is 11.3. The van der Waals surface area contributed by atoms with Crippen molar-refractivity contribution in [2.24, 2.45) is 5.73 Å². The Morgan fingerprint density at radius 3 is 2.50 bits per heavy atom. The molecule has 0 aliphatic carbocycles. The zero-order chi connectivity index (χ0) is 21.1. The number of halogens is 1. The number of sulfonamides is 1. The van der Waals surface area contributed by atoms with Gasteiger partial charge >= 0.3 is 5.97 Å². The molecule has 0 unspecified atom stereocenters. The number of carbonyl (C=O) groups is 3. The maximum atomic E-state index is 12.2. The fourth-order valence-electron chi connectivity index (χ4n) is 2.00. The van der Waals surface area contributed by atoms with E-state index in [0.29, 0.717) is 0 Å². The SMILES string of the molecule is CN(C)S(=O)(=O)c1ccc(Cl)c(C(=O)OCC(=O)Nc2sccc2C(N)=O)c1. The molecule has 12 heteroatoms. The lowest BCUT2D eigenvalue weighted by atomic mass is 10.2. The van der Waals surface area contributed by atoms with E-state index in [1.54, 1.807) is 5.38 Å². The van der Waals surface area contributed by atoms with Gasteiger partial charge in [-0.3, -0.25) is 9.59 Å². The van der Waals surface area contributed by atoms with Crippen molar-refractivity contribution < 1.29 is 27.5 Å². The van der Waals surface area contributed by atoms with Crippen LogP contribution in [0.2, 0.25) is 5.02 Å². The van der Waals surface area contributed by atoms with Crippen LogP contribution in [0.15, 0.2) is 34.5 Å². The van der Waals surface area contributed by atoms with Gasteiger partial charge < -0.3 is 15.8 Å². The quantitative estimate of drug-likeness (QED) is 0.620. The molecule has 0 saturated heterocycles. The molecule has 0 aliphatic heterocycles. The molecule has 150 valence electrons. The average Bonchev–Trinajstić information content (AvgIpc) is 3.08. The summed E-state index contributed by atoms with van der Waals surface area (Å²) in [5.74, 6) is -2.39. The molecule has 2 rings (SSSR count). The lowest BCUT2D eigenvalue weighted by Gasteiger charge is -2.13. The van der Waals surface area contributed by atoms with E-state index in [0.717, 1.165) is 21.7 Å². The molecular weight excluding hydrogens is 430 g/mol. The molecule has 28 heavy (non-hydrogen) atoms. The Morgan fingerprint density at radius 1 is 1.21 bits per heavy atom. The molecule has 0 bridgehead atoms. The van der Waals surface area contributed by atoms with E-state index >= 15 is 0 Å². The van der Waals surface area contributed by atoms with Crippen LogP contribution in [0, 0.1) is 0 Å². The van der Waals surface area contributed by atoms with Gasteiger partial charge in [-0.05, 0) is 29.6 Å². The summed E-state index contributed by atoms with van der Waals surface area (Å²) in [6.45, 7) is -0.671. The molecule has 0 radical (unpaired) electrons. The molecule has 2 amide bonds. The first kappa shape index (κ1) is 21.8. The van der Waals surface area contributed by atoms with Gasteiger partial charge in [0.1, 0.15) is 5.00 Å². The summed E-state index contributed by atoms with van der Waals surface area (Å²) in [6.07, 6.45) is 0. The predicted octanol–water partition coefficient (Wildman–Crippen LogP) is 1.55. The maximum absolute atomic E-state index is 12.2. The monoisotopic (exact) mass is 445 g/mol. The minimum absolute atomic E-state index is 0.0302. The second-order valence-electron chi connectivity index (χ2n) is 5.58. The third kappa shape index (κ3) is 4.87. The zero-order valence-corrected chi connectivity index (χ0v) is 17.2. The highest BCUT2D eigenvalue weighted by Crippen LogP contribution is 2.24. The van der Waals surface area contributed by atoms with Crippen molar-refractivity contribution in [1.29, 1.82) is 0 Å². The Labute approximate surface area is 170 Å². The Kier molecular flexibility index (Phi) is 6.77. The Hall–Kier alpha value is -2.47. The van der Waals surface area contributed by atoms with Crippen LogP contribution in [0.5, 0.6) is 0 Å². The molecule has 0 saturated carbocycles. The van der Waals surface area contributed by atoms with E-state index in [2.05, 4.69) is 5.32 Å². The van der Waals surface area contributed by atoms with Crippen LogP contribution < -0.4 is 11.1 Å². The van der Waals surface area contributed by atoms with Crippen molar-refractivity contribution in [1.82, 2.24) is 4.31 Å². The Morgan fingerprint density at radius 2 is 1.89 bits per heavy atom. The van der Waals surface area contributed by atoms with Crippen molar-refractivity contribution in [2.45, 2.75) is 4.90 Å². The van der Waals surface area contributed by atoms with Crippen LogP contribution >= 0.6 is 22.9 Å². The number of primary amides is 1. The van der Waals surface area contributed by atoms with Crippen molar-refractivity contribution in [3.05, 3.63) is 45.8 Å². The first-order valence-corrected chi connectivity index (χ1v) is 10.3. The van der Waals surface area contributed by atoms with Gasteiger partial charge in [-0.1, -0.05) is 11.6 Å². The fourth-order valence-corrected chi connectivity index (χ4v) is 3.94. The molecule has 1 heterocycles. The number of carbonyl (C=O) groups excluding carboxylic acids is 3. The minimum atomic E-state index is -3.78. The number of nitrogens with one attached hydrogen (secondary N) is 1. The summed E-state index contributed by atoms with van der Waals surface area (Å²) in [6, 6.07) is 5.02. The highest BCUT2D eigenvalue weighted by molar-refractivity contribution is 7.89. The summed E-state index contributed by atoms with van der Waals surface area (Å²) in [5.41, 5.74) is 5.12. The molecule has 0 spiro atoms. The number of hydrogen-bond donors (Lipinski definition) is 2. The lowest BCUT2D eigenvalue weighted by molar-refractivity contribution is -0.119. The number of amides is 2. The summed E-state index contributed by atoms with van der Waals surface area (Å²) in [5, 5.41) is 4.17. The van der Waals surface area contributed by atoms with Crippen LogP contribution in [0.3, 0.4) is 0 Å². The molecule has 1 aromatic carbocycles. The van der Waals surface area contributed by atoms with Gasteiger partial charge in [0.05, 0.1) is 21.0 Å². The van der Waals surface area contributed by atoms with Crippen LogP contribution in [-0.2, 0) is 19.6 Å².